The molecule has 0 aliphatic carbocycles. The van der Waals surface area contributed by atoms with Crippen molar-refractivity contribution in [2.24, 2.45) is 0 Å². The molecule has 0 aromatic rings. The fourth-order valence-corrected chi connectivity index (χ4v) is 1.59. The molecule has 76 valence electrons. The highest BCUT2D eigenvalue weighted by Crippen LogP contribution is 2.21. The van der Waals surface area contributed by atoms with Crippen LogP contribution in [0.2, 0.25) is 11.1 Å². The summed E-state index contributed by atoms with van der Waals surface area (Å²) in [7, 11) is 0.696. The summed E-state index contributed by atoms with van der Waals surface area (Å²) in [4.78, 5) is 11.4. The van der Waals surface area contributed by atoms with E-state index in [1.807, 2.05) is 20.8 Å². The molecule has 0 atom stereocenters. The zero-order valence-corrected chi connectivity index (χ0v) is 10.6. The summed E-state index contributed by atoms with van der Waals surface area (Å²) in [5.41, 5.74) is -0.0978. The molecule has 2 radical (unpaired) electrons. The van der Waals surface area contributed by atoms with Gasteiger partial charge < -0.3 is 5.32 Å². The third kappa shape index (κ3) is 9.60. The molecule has 0 rings (SSSR count). The van der Waals surface area contributed by atoms with Gasteiger partial charge in [-0.1, -0.05) is 20.8 Å². The predicted molar refractivity (Wildman–Crippen MR) is 58.2 cm³/mol. The molecule has 0 spiro atoms. The molecule has 0 heterocycles. The maximum absolute atomic E-state index is 11.4. The molecule has 0 aromatic carbocycles. The van der Waals surface area contributed by atoms with Crippen LogP contribution in [-0.4, -0.2) is 21.0 Å². The Bertz CT molecular complexity index is 176. The summed E-state index contributed by atoms with van der Waals surface area (Å²) in [6, 6.07) is 0.654. The lowest BCUT2D eigenvalue weighted by atomic mass is 10.1. The number of carbonyl (C=O) groups is 1. The van der Waals surface area contributed by atoms with Crippen LogP contribution in [0.25, 0.3) is 0 Å². The standard InChI is InChI=1S/C10H21NOSi/c1-9(2,3)11-8(12)7-13-10(4,5)6/h7H2,1-6H3,(H,11,12). The molecule has 0 bridgehead atoms. The fraction of sp³-hybridized carbons (Fsp3) is 0.900. The van der Waals surface area contributed by atoms with E-state index in [2.05, 4.69) is 26.1 Å². The van der Waals surface area contributed by atoms with Crippen LogP contribution in [0.1, 0.15) is 41.5 Å². The Morgan fingerprint density at radius 3 is 1.92 bits per heavy atom. The molecule has 1 amide bonds. The molecular weight excluding hydrogens is 178 g/mol. The highest BCUT2D eigenvalue weighted by Gasteiger charge is 2.17. The minimum absolute atomic E-state index is 0.0978. The molecule has 2 nitrogen and oxygen atoms in total. The van der Waals surface area contributed by atoms with Crippen LogP contribution in [0.5, 0.6) is 0 Å². The topological polar surface area (TPSA) is 29.1 Å². The normalized spacial score (nSPS) is 12.8. The zero-order chi connectivity index (χ0) is 10.7. The Labute approximate surface area is 84.3 Å². The maximum Gasteiger partial charge on any atom is 0.217 e. The Morgan fingerprint density at radius 2 is 1.62 bits per heavy atom. The molecule has 0 saturated heterocycles. The van der Waals surface area contributed by atoms with Crippen molar-refractivity contribution in [3.8, 4) is 0 Å². The third-order valence-electron chi connectivity index (χ3n) is 1.29. The van der Waals surface area contributed by atoms with Crippen molar-refractivity contribution in [3.05, 3.63) is 0 Å². The van der Waals surface area contributed by atoms with Gasteiger partial charge in [0.2, 0.25) is 5.91 Å². The molecule has 1 N–H and O–H groups in total. The first-order chi connectivity index (χ1) is 5.60. The highest BCUT2D eigenvalue weighted by atomic mass is 28.2. The number of carbonyl (C=O) groups excluding carboxylic acids is 1. The predicted octanol–water partition coefficient (Wildman–Crippen LogP) is 2.24. The van der Waals surface area contributed by atoms with Gasteiger partial charge in [0.1, 0.15) is 0 Å². The summed E-state index contributed by atoms with van der Waals surface area (Å²) < 4.78 is 0. The van der Waals surface area contributed by atoms with Gasteiger partial charge >= 0.3 is 0 Å². The summed E-state index contributed by atoms with van der Waals surface area (Å²) in [6.07, 6.45) is 0. The van der Waals surface area contributed by atoms with Gasteiger partial charge in [0.15, 0.2) is 0 Å². The Balaban J connectivity index is 3.78. The van der Waals surface area contributed by atoms with Crippen LogP contribution >= 0.6 is 0 Å². The fourth-order valence-electron chi connectivity index (χ4n) is 0.808. The lowest BCUT2D eigenvalue weighted by Crippen LogP contribution is -2.41. The summed E-state index contributed by atoms with van der Waals surface area (Å²) in [6.45, 7) is 12.5. The van der Waals surface area contributed by atoms with Gasteiger partial charge in [0.25, 0.3) is 0 Å². The van der Waals surface area contributed by atoms with Gasteiger partial charge in [-0.2, -0.15) is 0 Å². The molecule has 0 aliphatic heterocycles. The smallest absolute Gasteiger partial charge is 0.217 e. The van der Waals surface area contributed by atoms with E-state index in [1.54, 1.807) is 0 Å². The van der Waals surface area contributed by atoms with Crippen molar-refractivity contribution < 1.29 is 4.79 Å². The summed E-state index contributed by atoms with van der Waals surface area (Å²) >= 11 is 0. The van der Waals surface area contributed by atoms with E-state index in [0.717, 1.165) is 0 Å². The number of hydrogen-bond donors (Lipinski definition) is 1. The van der Waals surface area contributed by atoms with E-state index < -0.39 is 0 Å². The average Bonchev–Trinajstić information content (AvgIpc) is 1.78. The lowest BCUT2D eigenvalue weighted by molar-refractivity contribution is -0.120. The Kier molecular flexibility index (Phi) is 4.16. The van der Waals surface area contributed by atoms with E-state index in [0.29, 0.717) is 15.6 Å². The van der Waals surface area contributed by atoms with Crippen LogP contribution in [0.4, 0.5) is 0 Å². The van der Waals surface area contributed by atoms with Crippen LogP contribution in [0.15, 0.2) is 0 Å². The van der Waals surface area contributed by atoms with Crippen molar-refractivity contribution in [1.29, 1.82) is 0 Å². The molecule has 3 heteroatoms. The van der Waals surface area contributed by atoms with Crippen LogP contribution < -0.4 is 5.32 Å². The minimum atomic E-state index is -0.0978. The number of hydrogen-bond acceptors (Lipinski definition) is 1. The summed E-state index contributed by atoms with van der Waals surface area (Å²) in [5.74, 6) is 0.167. The molecule has 13 heavy (non-hydrogen) atoms. The van der Waals surface area contributed by atoms with E-state index >= 15 is 0 Å². The average molecular weight is 199 g/mol. The molecular formula is C10H21NOSi. The van der Waals surface area contributed by atoms with E-state index in [9.17, 15) is 4.79 Å². The second-order valence-electron chi connectivity index (χ2n) is 5.40. The zero-order valence-electron chi connectivity index (χ0n) is 9.62. The van der Waals surface area contributed by atoms with Crippen molar-refractivity contribution in [1.82, 2.24) is 5.32 Å². The quantitative estimate of drug-likeness (QED) is 0.679. The third-order valence-corrected chi connectivity index (χ3v) is 2.85. The van der Waals surface area contributed by atoms with Gasteiger partial charge in [0, 0.05) is 11.6 Å². The first kappa shape index (κ1) is 12.7. The van der Waals surface area contributed by atoms with Crippen molar-refractivity contribution in [3.63, 3.8) is 0 Å². The first-order valence-corrected chi connectivity index (χ1v) is 5.87. The molecule has 0 fully saturated rings. The van der Waals surface area contributed by atoms with Crippen LogP contribution in [0, 0.1) is 0 Å². The van der Waals surface area contributed by atoms with Crippen molar-refractivity contribution >= 4 is 15.4 Å². The minimum Gasteiger partial charge on any atom is -0.352 e. The van der Waals surface area contributed by atoms with Crippen LogP contribution in [-0.2, 0) is 4.79 Å². The Morgan fingerprint density at radius 1 is 1.15 bits per heavy atom. The number of amides is 1. The van der Waals surface area contributed by atoms with E-state index in [1.165, 1.54) is 0 Å². The van der Waals surface area contributed by atoms with Crippen molar-refractivity contribution in [2.45, 2.75) is 58.2 Å². The number of rotatable bonds is 2. The van der Waals surface area contributed by atoms with E-state index in [-0.39, 0.29) is 16.5 Å². The van der Waals surface area contributed by atoms with Gasteiger partial charge in [-0.25, -0.2) is 0 Å². The SMILES string of the molecule is CC(C)(C)NC(=O)C[Si]C(C)(C)C. The lowest BCUT2D eigenvalue weighted by Gasteiger charge is -2.22. The van der Waals surface area contributed by atoms with Crippen LogP contribution in [0.3, 0.4) is 0 Å². The van der Waals surface area contributed by atoms with Gasteiger partial charge in [-0.3, -0.25) is 4.79 Å². The molecule has 0 aromatic heterocycles. The molecule has 0 aliphatic rings. The summed E-state index contributed by atoms with van der Waals surface area (Å²) in [5, 5.41) is 3.23. The molecule has 0 unspecified atom stereocenters. The second-order valence-corrected chi connectivity index (χ2v) is 7.61. The van der Waals surface area contributed by atoms with Crippen molar-refractivity contribution in [2.75, 3.05) is 0 Å². The largest absolute Gasteiger partial charge is 0.352 e. The maximum atomic E-state index is 11.4. The van der Waals surface area contributed by atoms with Gasteiger partial charge in [-0.15, -0.1) is 0 Å². The highest BCUT2D eigenvalue weighted by molar-refractivity contribution is 6.44. The van der Waals surface area contributed by atoms with Gasteiger partial charge in [0.05, 0.1) is 9.52 Å². The Hall–Kier alpha value is -0.313. The van der Waals surface area contributed by atoms with E-state index in [4.69, 9.17) is 0 Å². The monoisotopic (exact) mass is 199 g/mol. The number of nitrogens with one attached hydrogen (secondary N) is 1. The van der Waals surface area contributed by atoms with Gasteiger partial charge in [-0.05, 0) is 25.8 Å². The first-order valence-electron chi connectivity index (χ1n) is 4.66. The second kappa shape index (κ2) is 4.27. The molecule has 0 saturated carbocycles.